The Kier molecular flexibility index (Phi) is 6.74. The first-order valence-corrected chi connectivity index (χ1v) is 10.3. The number of hydrogen-bond donors (Lipinski definition) is 0. The molecule has 0 spiro atoms. The largest absolute Gasteiger partial charge is 0.406 e. The highest BCUT2D eigenvalue weighted by Gasteiger charge is 2.42. The Morgan fingerprint density at radius 2 is 1.70 bits per heavy atom. The van der Waals surface area contributed by atoms with Gasteiger partial charge >= 0.3 is 6.18 Å². The van der Waals surface area contributed by atoms with E-state index in [9.17, 15) is 31.2 Å². The first kappa shape index (κ1) is 21.9. The molecule has 27 heavy (non-hydrogen) atoms. The van der Waals surface area contributed by atoms with E-state index < -0.39 is 40.7 Å². The monoisotopic (exact) mass is 414 g/mol. The highest BCUT2D eigenvalue weighted by molar-refractivity contribution is 7.86. The molecule has 1 atom stereocenters. The molecule has 12 heteroatoms. The summed E-state index contributed by atoms with van der Waals surface area (Å²) in [6.07, 6.45) is -4.75. The number of rotatable bonds is 6. The molecule has 0 bridgehead atoms. The third kappa shape index (κ3) is 5.11. The maximum Gasteiger partial charge on any atom is 0.406 e. The summed E-state index contributed by atoms with van der Waals surface area (Å²) in [5.41, 5.74) is 0. The minimum absolute atomic E-state index is 0.123. The predicted octanol–water partition coefficient (Wildman–Crippen LogP) is 0.128. The van der Waals surface area contributed by atoms with Gasteiger partial charge in [-0.15, -0.1) is 0 Å². The quantitative estimate of drug-likeness (QED) is 0.619. The molecule has 2 amide bonds. The van der Waals surface area contributed by atoms with Crippen LogP contribution < -0.4 is 0 Å². The molecule has 0 aromatic rings. The first-order valence-electron chi connectivity index (χ1n) is 8.88. The van der Waals surface area contributed by atoms with Crippen LogP contribution >= 0.6 is 0 Å². The Labute approximate surface area is 157 Å². The number of carbonyl (C=O) groups is 2. The third-order valence-electron chi connectivity index (χ3n) is 4.84. The Balaban J connectivity index is 1.93. The van der Waals surface area contributed by atoms with Crippen LogP contribution in [0.25, 0.3) is 0 Å². The summed E-state index contributed by atoms with van der Waals surface area (Å²) in [5.74, 6) is -1.90. The average Bonchev–Trinajstić information content (AvgIpc) is 2.94. The van der Waals surface area contributed by atoms with Crippen LogP contribution in [0.15, 0.2) is 0 Å². The predicted molar refractivity (Wildman–Crippen MR) is 90.7 cm³/mol. The molecule has 2 rings (SSSR count). The zero-order chi connectivity index (χ0) is 20.4. The second kappa shape index (κ2) is 8.31. The van der Waals surface area contributed by atoms with Crippen molar-refractivity contribution in [3.8, 4) is 0 Å². The van der Waals surface area contributed by atoms with E-state index >= 15 is 0 Å². The molecule has 0 aromatic heterocycles. The van der Waals surface area contributed by atoms with Crippen LogP contribution in [0, 0.1) is 5.92 Å². The zero-order valence-corrected chi connectivity index (χ0v) is 16.2. The molecule has 0 aromatic carbocycles. The van der Waals surface area contributed by atoms with Gasteiger partial charge in [0.05, 0.1) is 5.92 Å². The maximum absolute atomic E-state index is 12.5. The van der Waals surface area contributed by atoms with Crippen molar-refractivity contribution in [2.45, 2.75) is 26.4 Å². The second-order valence-electron chi connectivity index (χ2n) is 6.61. The van der Waals surface area contributed by atoms with Crippen molar-refractivity contribution in [2.75, 3.05) is 52.4 Å². The van der Waals surface area contributed by atoms with Crippen molar-refractivity contribution in [3.63, 3.8) is 0 Å². The summed E-state index contributed by atoms with van der Waals surface area (Å²) in [6.45, 7) is 3.12. The van der Waals surface area contributed by atoms with Crippen molar-refractivity contribution >= 4 is 22.0 Å². The summed E-state index contributed by atoms with van der Waals surface area (Å²) < 4.78 is 65.1. The van der Waals surface area contributed by atoms with Crippen molar-refractivity contribution in [2.24, 2.45) is 5.92 Å². The number of likely N-dealkylation sites (tertiary alicyclic amines) is 1. The molecule has 0 radical (unpaired) electrons. The molecule has 0 N–H and O–H groups in total. The highest BCUT2D eigenvalue weighted by Crippen LogP contribution is 2.25. The van der Waals surface area contributed by atoms with E-state index in [-0.39, 0.29) is 39.1 Å². The molecule has 0 saturated carbocycles. The normalized spacial score (nSPS) is 22.7. The van der Waals surface area contributed by atoms with Gasteiger partial charge in [-0.25, -0.2) is 0 Å². The number of amides is 2. The molecule has 2 fully saturated rings. The number of hydrogen-bond acceptors (Lipinski definition) is 4. The summed E-state index contributed by atoms with van der Waals surface area (Å²) in [5, 5.41) is 0. The summed E-state index contributed by atoms with van der Waals surface area (Å²) in [4.78, 5) is 26.4. The highest BCUT2D eigenvalue weighted by atomic mass is 32.2. The summed E-state index contributed by atoms with van der Waals surface area (Å²) in [7, 11) is -3.59. The van der Waals surface area contributed by atoms with Gasteiger partial charge < -0.3 is 9.80 Å². The van der Waals surface area contributed by atoms with E-state index in [1.807, 2.05) is 0 Å². The van der Waals surface area contributed by atoms with E-state index in [0.29, 0.717) is 18.0 Å². The first-order chi connectivity index (χ1) is 12.5. The molecule has 156 valence electrons. The molecular weight excluding hydrogens is 389 g/mol. The number of carbonyl (C=O) groups excluding carboxylic acids is 2. The summed E-state index contributed by atoms with van der Waals surface area (Å²) in [6, 6.07) is 0. The Hall–Kier alpha value is -1.40. The van der Waals surface area contributed by atoms with Crippen LogP contribution in [0.4, 0.5) is 13.2 Å². The Bertz CT molecular complexity index is 658. The maximum atomic E-state index is 12.5. The molecular formula is C15H25F3N4O4S. The molecule has 2 heterocycles. The number of halogens is 3. The van der Waals surface area contributed by atoms with E-state index in [0.717, 1.165) is 0 Å². The molecule has 2 saturated heterocycles. The zero-order valence-electron chi connectivity index (χ0n) is 15.4. The van der Waals surface area contributed by atoms with Crippen LogP contribution in [-0.2, 0) is 19.8 Å². The van der Waals surface area contributed by atoms with Crippen molar-refractivity contribution in [1.82, 2.24) is 18.4 Å². The van der Waals surface area contributed by atoms with Gasteiger partial charge in [-0.3, -0.25) is 9.59 Å². The fourth-order valence-electron chi connectivity index (χ4n) is 3.42. The van der Waals surface area contributed by atoms with Gasteiger partial charge in [-0.1, -0.05) is 13.8 Å². The molecule has 1 unspecified atom stereocenters. The summed E-state index contributed by atoms with van der Waals surface area (Å²) >= 11 is 0. The lowest BCUT2D eigenvalue weighted by Crippen LogP contribution is -2.55. The Morgan fingerprint density at radius 3 is 2.19 bits per heavy atom. The van der Waals surface area contributed by atoms with E-state index in [1.54, 1.807) is 13.8 Å². The molecule has 8 nitrogen and oxygen atoms in total. The molecule has 2 aliphatic rings. The third-order valence-corrected chi connectivity index (χ3v) is 7.03. The minimum Gasteiger partial charge on any atom is -0.340 e. The van der Waals surface area contributed by atoms with Crippen LogP contribution in [0.3, 0.4) is 0 Å². The van der Waals surface area contributed by atoms with Crippen LogP contribution in [0.1, 0.15) is 20.3 Å². The van der Waals surface area contributed by atoms with Crippen LogP contribution in [0.5, 0.6) is 0 Å². The van der Waals surface area contributed by atoms with Crippen LogP contribution in [0.2, 0.25) is 0 Å². The van der Waals surface area contributed by atoms with E-state index in [1.165, 1.54) is 13.5 Å². The lowest BCUT2D eigenvalue weighted by Gasteiger charge is -2.37. The number of piperazine rings is 1. The van der Waals surface area contributed by atoms with Crippen molar-refractivity contribution in [3.05, 3.63) is 0 Å². The smallest absolute Gasteiger partial charge is 0.340 e. The topological polar surface area (TPSA) is 81.2 Å². The molecule has 2 aliphatic heterocycles. The second-order valence-corrected chi connectivity index (χ2v) is 8.54. The molecule has 0 aliphatic carbocycles. The average molecular weight is 414 g/mol. The van der Waals surface area contributed by atoms with Gasteiger partial charge in [0, 0.05) is 52.2 Å². The number of nitrogens with zero attached hydrogens (tertiary/aromatic N) is 4. The van der Waals surface area contributed by atoms with Crippen molar-refractivity contribution < 1.29 is 31.2 Å². The fraction of sp³-hybridized carbons (Fsp3) is 0.867. The van der Waals surface area contributed by atoms with Gasteiger partial charge in [0.15, 0.2) is 0 Å². The van der Waals surface area contributed by atoms with Gasteiger partial charge in [0.25, 0.3) is 10.2 Å². The fourth-order valence-corrected chi connectivity index (χ4v) is 5.02. The van der Waals surface area contributed by atoms with E-state index in [2.05, 4.69) is 0 Å². The minimum atomic E-state index is -4.50. The lowest BCUT2D eigenvalue weighted by molar-refractivity contribution is -0.157. The van der Waals surface area contributed by atoms with Gasteiger partial charge in [-0.2, -0.15) is 30.2 Å². The van der Waals surface area contributed by atoms with Gasteiger partial charge in [0.2, 0.25) is 11.8 Å². The standard InChI is InChI=1S/C15H25F3N4O4S/c1-3-21(4-2)27(25,26)22-7-5-19(6-8-22)14(24)12-9-13(23)20(10-12)11-15(16,17)18/h12H,3-11H2,1-2H3. The Morgan fingerprint density at radius 1 is 1.15 bits per heavy atom. The van der Waals surface area contributed by atoms with Gasteiger partial charge in [0.1, 0.15) is 6.54 Å². The SMILES string of the molecule is CCN(CC)S(=O)(=O)N1CCN(C(=O)C2CC(=O)N(CC(F)(F)F)C2)CC1. The van der Waals surface area contributed by atoms with Crippen molar-refractivity contribution in [1.29, 1.82) is 0 Å². The van der Waals surface area contributed by atoms with Gasteiger partial charge in [-0.05, 0) is 0 Å². The van der Waals surface area contributed by atoms with Crippen LogP contribution in [-0.4, -0.2) is 97.2 Å². The number of alkyl halides is 3. The van der Waals surface area contributed by atoms with E-state index in [4.69, 9.17) is 0 Å². The lowest BCUT2D eigenvalue weighted by atomic mass is 10.1.